The van der Waals surface area contributed by atoms with Crippen molar-refractivity contribution in [2.24, 2.45) is 0 Å². The summed E-state index contributed by atoms with van der Waals surface area (Å²) in [6.45, 7) is 0. The van der Waals surface area contributed by atoms with Gasteiger partial charge in [-0.05, 0) is 289 Å². The van der Waals surface area contributed by atoms with Gasteiger partial charge in [0.25, 0.3) is 0 Å². The van der Waals surface area contributed by atoms with Crippen molar-refractivity contribution >= 4 is 169 Å². The molecule has 0 N–H and O–H groups in total. The first-order chi connectivity index (χ1) is 73.9. The first-order valence-electron chi connectivity index (χ1n) is 51.1. The zero-order valence-electron chi connectivity index (χ0n) is 80.6. The molecule has 0 saturated carbocycles. The van der Waals surface area contributed by atoms with Gasteiger partial charge in [-0.25, -0.2) is 0 Å². The van der Waals surface area contributed by atoms with Crippen LogP contribution in [0.2, 0.25) is 0 Å². The lowest BCUT2D eigenvalue weighted by Gasteiger charge is -2.32. The molecule has 6 aliphatic rings. The molecule has 0 amide bonds. The average Bonchev–Trinajstić information content (AvgIpc) is 1.50. The zero-order chi connectivity index (χ0) is 97.7. The number of para-hydroxylation sites is 5. The summed E-state index contributed by atoms with van der Waals surface area (Å²) in [5, 5.41) is 8.92. The van der Waals surface area contributed by atoms with Crippen LogP contribution in [0.5, 0.6) is 0 Å². The summed E-state index contributed by atoms with van der Waals surface area (Å²) in [5.74, 6) is 0. The number of thiophene rings is 4. The maximum atomic E-state index is 6.63. The van der Waals surface area contributed by atoms with E-state index in [0.29, 0.717) is 0 Å². The topological polar surface area (TPSA) is 22.9 Å². The lowest BCUT2D eigenvalue weighted by Crippen LogP contribution is -2.26. The van der Waals surface area contributed by atoms with Crippen LogP contribution in [0.3, 0.4) is 0 Å². The molecule has 2 atom stereocenters. The lowest BCUT2D eigenvalue weighted by atomic mass is 9.70. The van der Waals surface area contributed by atoms with E-state index >= 15 is 0 Å². The van der Waals surface area contributed by atoms with Crippen molar-refractivity contribution in [1.29, 1.82) is 0 Å². The molecule has 22 aromatic carbocycles. The number of hydrogen-bond donors (Lipinski definition) is 0. The van der Waals surface area contributed by atoms with Gasteiger partial charge in [0.1, 0.15) is 5.58 Å². The van der Waals surface area contributed by atoms with Crippen LogP contribution in [-0.2, 0) is 16.2 Å². The van der Waals surface area contributed by atoms with Gasteiger partial charge in [0.15, 0.2) is 5.58 Å². The number of hydrogen-bond acceptors (Lipinski definition) is 8. The highest BCUT2D eigenvalue weighted by atomic mass is 32.1. The van der Waals surface area contributed by atoms with Gasteiger partial charge in [0.2, 0.25) is 0 Å². The van der Waals surface area contributed by atoms with Crippen LogP contribution in [0.1, 0.15) is 66.8 Å². The number of rotatable bonds is 11. The Morgan fingerprint density at radius 1 is 0.168 bits per heavy atom. The summed E-state index contributed by atoms with van der Waals surface area (Å²) < 4.78 is 13.3. The van der Waals surface area contributed by atoms with E-state index in [0.717, 1.165) is 61.8 Å². The van der Waals surface area contributed by atoms with Gasteiger partial charge in [0.05, 0.1) is 32.3 Å². The Bertz CT molecular complexity index is 10100. The molecule has 3 spiro atoms. The number of anilines is 9. The van der Waals surface area contributed by atoms with Crippen molar-refractivity contribution in [1.82, 2.24) is 0 Å². The van der Waals surface area contributed by atoms with Crippen LogP contribution in [0.4, 0.5) is 51.2 Å². The third-order valence-electron chi connectivity index (χ3n) is 32.2. The molecule has 0 fully saturated rings. The van der Waals surface area contributed by atoms with Crippen LogP contribution in [0.25, 0.3) is 159 Å². The summed E-state index contributed by atoms with van der Waals surface area (Å²) >= 11 is 7.67. The van der Waals surface area contributed by atoms with Crippen molar-refractivity contribution in [3.8, 4) is 87.0 Å². The maximum absolute atomic E-state index is 6.63. The second-order valence-corrected chi connectivity index (χ2v) is 43.8. The van der Waals surface area contributed by atoms with Crippen molar-refractivity contribution in [2.45, 2.75) is 16.2 Å². The highest BCUT2D eigenvalue weighted by molar-refractivity contribution is 7.26. The summed E-state index contributed by atoms with van der Waals surface area (Å²) in [4.78, 5) is 11.4. The van der Waals surface area contributed by atoms with E-state index in [2.05, 4.69) is 536 Å². The Kier molecular flexibility index (Phi) is 19.3. The van der Waals surface area contributed by atoms with Crippen molar-refractivity contribution in [3.05, 3.63) is 595 Å². The van der Waals surface area contributed by atoms with Crippen LogP contribution in [0.15, 0.2) is 532 Å². The fourth-order valence-corrected chi connectivity index (χ4v) is 31.4. The van der Waals surface area contributed by atoms with E-state index in [1.165, 1.54) is 216 Å². The Hall–Kier alpha value is -17.9. The fourth-order valence-electron chi connectivity index (χ4n) is 26.3. The van der Waals surface area contributed by atoms with Gasteiger partial charge in [0, 0.05) is 94.8 Å². The standard InChI is InChI=1S/C51H33NS.C45H27NOS.C45H27NS2/c1-4-16-34(17-5-1)36-30-37(35-18-6-2-7-19-35)32-40(31-36)52(38-20-8-3-9-21-38)39-28-29-43-47(33-39)51(49-44-24-12-15-27-48(44)53-50(43)49)45-25-13-10-22-41(45)42-23-11-14-26-46(42)51;1-2-13-28(14-3-1)46(39-22-12-19-33-32-16-6-10-23-40(32)47-43(33)39)29-25-26-31-30-15-4-8-20-36(30)45(38(31)27-29)37-21-9-5-17-34(37)44-42(45)35-18-7-11-24-41(35)48-44;1-2-13-28(14-3-1)46(39-22-12-19-32-31-16-6-10-23-40(31)47-43(32)39)29-25-26-38-35(27-29)30-15-4-8-20-36(30)45(38)37-21-9-5-17-33(37)44-42(45)34-18-7-11-24-41(34)48-44/h1-33H;2*1-27H. The van der Waals surface area contributed by atoms with Crippen LogP contribution < -0.4 is 14.7 Å². The third kappa shape index (κ3) is 12.5. The first-order valence-corrected chi connectivity index (χ1v) is 54.4. The summed E-state index contributed by atoms with van der Waals surface area (Å²) in [6.07, 6.45) is 0. The molecule has 0 radical (unpaired) electrons. The largest absolute Gasteiger partial charge is 0.454 e. The Morgan fingerprint density at radius 2 is 0.483 bits per heavy atom. The minimum atomic E-state index is -0.434. The summed E-state index contributed by atoms with van der Waals surface area (Å²) in [6, 6.07) is 194. The third-order valence-corrected chi connectivity index (χ3v) is 37.0. The lowest BCUT2D eigenvalue weighted by molar-refractivity contribution is 0.669. The monoisotopic (exact) mass is 1970 g/mol. The van der Waals surface area contributed by atoms with Crippen molar-refractivity contribution in [3.63, 3.8) is 0 Å². The smallest absolute Gasteiger partial charge is 0.159 e. The van der Waals surface area contributed by atoms with Gasteiger partial charge in [-0.2, -0.15) is 0 Å². The first kappa shape index (κ1) is 85.5. The molecule has 696 valence electrons. The Morgan fingerprint density at radius 3 is 0.973 bits per heavy atom. The molecule has 4 nitrogen and oxygen atoms in total. The van der Waals surface area contributed by atoms with Crippen LogP contribution in [-0.4, -0.2) is 0 Å². The second-order valence-electron chi connectivity index (χ2n) is 39.6. The normalized spacial score (nSPS) is 14.7. The van der Waals surface area contributed by atoms with Crippen LogP contribution >= 0.6 is 45.3 Å². The molecule has 5 heterocycles. The van der Waals surface area contributed by atoms with Gasteiger partial charge < -0.3 is 19.1 Å². The minimum absolute atomic E-state index is 0.362. The van der Waals surface area contributed by atoms with E-state index in [-0.39, 0.29) is 5.41 Å². The van der Waals surface area contributed by atoms with Gasteiger partial charge in [-0.15, -0.1) is 45.3 Å². The van der Waals surface area contributed by atoms with Crippen molar-refractivity contribution in [2.75, 3.05) is 14.7 Å². The predicted octanol–water partition coefficient (Wildman–Crippen LogP) is 39.7. The fraction of sp³-hybridized carbons (Fsp3) is 0.0213. The van der Waals surface area contributed by atoms with E-state index in [1.54, 1.807) is 0 Å². The molecular weight excluding hydrogens is 1880 g/mol. The number of benzene rings is 22. The Labute approximate surface area is 878 Å². The molecule has 27 aromatic rings. The highest BCUT2D eigenvalue weighted by Gasteiger charge is 2.57. The van der Waals surface area contributed by atoms with E-state index in [1.807, 2.05) is 51.4 Å². The SMILES string of the molecule is c1ccc(-c2cc(-c3ccccc3)cc(N(c3ccccc3)c3ccc4c(c3)C3(c5ccccc5-c5ccccc53)c3c-4sc4ccccc34)c2)cc1.c1ccc(N(c2ccc3c(c2)-c2ccccc2C32c3ccccc3-c3sc4ccccc4c32)c2cccc3c2sc2ccccc23)cc1.c1ccc(N(c2ccc3c(c2)C2(c4ccccc4-3)c3ccccc3-c3sc4ccccc4c32)c2cccc3c2oc2ccccc23)cc1. The molecule has 33 rings (SSSR count). The number of fused-ring (bicyclic) bond motifs is 42. The van der Waals surface area contributed by atoms with Crippen molar-refractivity contribution < 1.29 is 4.42 Å². The quantitative estimate of drug-likeness (QED) is 0.129. The molecule has 5 aromatic heterocycles. The average molecular weight is 1970 g/mol. The van der Waals surface area contributed by atoms with E-state index in [9.17, 15) is 0 Å². The summed E-state index contributed by atoms with van der Waals surface area (Å²) in [5.41, 5.74) is 43.9. The van der Waals surface area contributed by atoms with Gasteiger partial charge in [-0.1, -0.05) is 394 Å². The number of nitrogens with zero attached hydrogens (tertiary/aromatic N) is 3. The second kappa shape index (κ2) is 33.6. The minimum Gasteiger partial charge on any atom is -0.454 e. The van der Waals surface area contributed by atoms with Crippen LogP contribution in [0, 0.1) is 0 Å². The molecule has 0 aliphatic heterocycles. The molecule has 0 bridgehead atoms. The molecule has 0 saturated heterocycles. The molecule has 8 heteroatoms. The molecule has 2 unspecified atom stereocenters. The van der Waals surface area contributed by atoms with E-state index < -0.39 is 10.8 Å². The Balaban J connectivity index is 0.000000101. The molecular formula is C141H87N3OS4. The number of furan rings is 1. The summed E-state index contributed by atoms with van der Waals surface area (Å²) in [7, 11) is 0. The van der Waals surface area contributed by atoms with Gasteiger partial charge in [-0.3, -0.25) is 0 Å². The molecule has 149 heavy (non-hydrogen) atoms. The zero-order valence-corrected chi connectivity index (χ0v) is 83.9. The van der Waals surface area contributed by atoms with Gasteiger partial charge >= 0.3 is 0 Å². The van der Waals surface area contributed by atoms with E-state index in [4.69, 9.17) is 4.42 Å². The molecule has 6 aliphatic carbocycles. The highest BCUT2D eigenvalue weighted by Crippen LogP contribution is 2.71. The maximum Gasteiger partial charge on any atom is 0.159 e. The predicted molar refractivity (Wildman–Crippen MR) is 629 cm³/mol.